The van der Waals surface area contributed by atoms with Crippen LogP contribution in [0.4, 0.5) is 0 Å². The smallest absolute Gasteiger partial charge is 0.295 e. The van der Waals surface area contributed by atoms with Crippen molar-refractivity contribution < 1.29 is 19.4 Å². The van der Waals surface area contributed by atoms with E-state index in [1.54, 1.807) is 29.2 Å². The highest BCUT2D eigenvalue weighted by Gasteiger charge is 2.45. The summed E-state index contributed by atoms with van der Waals surface area (Å²) in [6.45, 7) is 11.5. The number of likely N-dealkylation sites (N-methyl/N-ethyl adjacent to an activating group) is 1. The summed E-state index contributed by atoms with van der Waals surface area (Å²) in [6.07, 6.45) is 0.890. The molecule has 39 heavy (non-hydrogen) atoms. The minimum absolute atomic E-state index is 0.122. The summed E-state index contributed by atoms with van der Waals surface area (Å²) in [7, 11) is 0. The minimum atomic E-state index is -0.656. The summed E-state index contributed by atoms with van der Waals surface area (Å²) in [5, 5.41) is 11.4. The van der Waals surface area contributed by atoms with Gasteiger partial charge < -0.3 is 19.6 Å². The molecule has 0 radical (unpaired) electrons. The van der Waals surface area contributed by atoms with Crippen molar-refractivity contribution in [3.05, 3.63) is 106 Å². The van der Waals surface area contributed by atoms with Gasteiger partial charge in [-0.3, -0.25) is 9.59 Å². The average Bonchev–Trinajstić information content (AvgIpc) is 3.21. The second-order valence-corrected chi connectivity index (χ2v) is 9.92. The summed E-state index contributed by atoms with van der Waals surface area (Å²) in [6, 6.07) is 22.4. The Labute approximate surface area is 231 Å². The molecule has 1 N–H and O–H groups in total. The first-order valence-corrected chi connectivity index (χ1v) is 13.7. The zero-order valence-corrected chi connectivity index (χ0v) is 23.3. The van der Waals surface area contributed by atoms with Gasteiger partial charge in [0.1, 0.15) is 18.1 Å². The van der Waals surface area contributed by atoms with E-state index in [9.17, 15) is 14.7 Å². The predicted octanol–water partition coefficient (Wildman–Crippen LogP) is 5.90. The fraction of sp³-hybridized carbons (Fsp3) is 0.333. The van der Waals surface area contributed by atoms with Gasteiger partial charge in [-0.2, -0.15) is 0 Å². The zero-order chi connectivity index (χ0) is 27.9. The number of ether oxygens (including phenoxy) is 1. The molecule has 4 rings (SSSR count). The summed E-state index contributed by atoms with van der Waals surface area (Å²) in [5.41, 5.74) is 4.81. The topological polar surface area (TPSA) is 70.1 Å². The van der Waals surface area contributed by atoms with Crippen LogP contribution in [0.15, 0.2) is 78.4 Å². The average molecular weight is 527 g/mol. The monoisotopic (exact) mass is 526 g/mol. The van der Waals surface area contributed by atoms with E-state index in [1.807, 2.05) is 49.4 Å². The molecular formula is C33H38N2O4. The first-order chi connectivity index (χ1) is 18.9. The number of amides is 1. The van der Waals surface area contributed by atoms with Crippen LogP contribution in [0.2, 0.25) is 0 Å². The van der Waals surface area contributed by atoms with Gasteiger partial charge in [0.2, 0.25) is 0 Å². The zero-order valence-electron chi connectivity index (χ0n) is 23.3. The lowest BCUT2D eigenvalue weighted by atomic mass is 9.94. The number of Topliss-reactive ketones (excluding diaryl/α,β-unsaturated/α-hetero) is 1. The largest absolute Gasteiger partial charge is 0.507 e. The van der Waals surface area contributed by atoms with Gasteiger partial charge >= 0.3 is 0 Å². The van der Waals surface area contributed by atoms with Gasteiger partial charge in [0.25, 0.3) is 11.7 Å². The Morgan fingerprint density at radius 2 is 1.62 bits per heavy atom. The van der Waals surface area contributed by atoms with Gasteiger partial charge in [0, 0.05) is 18.7 Å². The van der Waals surface area contributed by atoms with Crippen LogP contribution in [0, 0.1) is 6.92 Å². The molecule has 1 heterocycles. The van der Waals surface area contributed by atoms with Gasteiger partial charge in [-0.15, -0.1) is 0 Å². The predicted molar refractivity (Wildman–Crippen MR) is 155 cm³/mol. The molecule has 1 amide bonds. The van der Waals surface area contributed by atoms with Crippen LogP contribution < -0.4 is 4.74 Å². The Kier molecular flexibility index (Phi) is 9.20. The van der Waals surface area contributed by atoms with Gasteiger partial charge in [-0.25, -0.2) is 0 Å². The summed E-state index contributed by atoms with van der Waals surface area (Å²) >= 11 is 0. The van der Waals surface area contributed by atoms with E-state index in [-0.39, 0.29) is 11.3 Å². The van der Waals surface area contributed by atoms with Crippen LogP contribution in [0.25, 0.3) is 5.76 Å². The van der Waals surface area contributed by atoms with Crippen molar-refractivity contribution in [3.8, 4) is 5.75 Å². The van der Waals surface area contributed by atoms with Crippen LogP contribution >= 0.6 is 0 Å². The Bertz CT molecular complexity index is 1320. The third-order valence-corrected chi connectivity index (χ3v) is 7.41. The van der Waals surface area contributed by atoms with E-state index in [0.29, 0.717) is 31.0 Å². The maximum atomic E-state index is 13.3. The first kappa shape index (κ1) is 28.1. The van der Waals surface area contributed by atoms with Gasteiger partial charge in [0.05, 0.1) is 11.6 Å². The molecule has 0 saturated carbocycles. The highest BCUT2D eigenvalue weighted by atomic mass is 16.5. The van der Waals surface area contributed by atoms with Gasteiger partial charge in [-0.05, 0) is 67.4 Å². The Morgan fingerprint density at radius 1 is 0.923 bits per heavy atom. The molecule has 1 aliphatic heterocycles. The quantitative estimate of drug-likeness (QED) is 0.191. The number of rotatable bonds is 11. The number of carbonyl (C=O) groups is 2. The number of benzene rings is 3. The summed E-state index contributed by atoms with van der Waals surface area (Å²) < 4.78 is 5.92. The van der Waals surface area contributed by atoms with Crippen molar-refractivity contribution in [1.29, 1.82) is 0 Å². The Balaban J connectivity index is 1.64. The highest BCUT2D eigenvalue weighted by Crippen LogP contribution is 2.39. The van der Waals surface area contributed by atoms with E-state index < -0.39 is 17.7 Å². The molecular weight excluding hydrogens is 488 g/mol. The maximum Gasteiger partial charge on any atom is 0.295 e. The van der Waals surface area contributed by atoms with Crippen molar-refractivity contribution in [2.45, 2.75) is 46.8 Å². The van der Waals surface area contributed by atoms with Crippen molar-refractivity contribution in [1.82, 2.24) is 9.80 Å². The number of carbonyl (C=O) groups excluding carboxylic acids is 2. The number of hydrogen-bond donors (Lipinski definition) is 1. The van der Waals surface area contributed by atoms with Crippen LogP contribution in [-0.4, -0.2) is 52.8 Å². The first-order valence-electron chi connectivity index (χ1n) is 13.7. The van der Waals surface area contributed by atoms with Crippen LogP contribution in [0.3, 0.4) is 0 Å². The lowest BCUT2D eigenvalue weighted by Crippen LogP contribution is -2.38. The molecule has 1 fully saturated rings. The Morgan fingerprint density at radius 3 is 2.23 bits per heavy atom. The molecule has 6 heteroatoms. The van der Waals surface area contributed by atoms with Crippen LogP contribution in [-0.2, 0) is 22.6 Å². The highest BCUT2D eigenvalue weighted by molar-refractivity contribution is 6.46. The third-order valence-electron chi connectivity index (χ3n) is 7.41. The fourth-order valence-corrected chi connectivity index (χ4v) is 5.01. The molecule has 1 atom stereocenters. The maximum absolute atomic E-state index is 13.3. The summed E-state index contributed by atoms with van der Waals surface area (Å²) in [4.78, 5) is 30.4. The molecule has 1 saturated heterocycles. The fourth-order valence-electron chi connectivity index (χ4n) is 5.01. The number of likely N-dealkylation sites (tertiary alicyclic amines) is 1. The number of hydrogen-bond acceptors (Lipinski definition) is 5. The second-order valence-electron chi connectivity index (χ2n) is 9.92. The minimum Gasteiger partial charge on any atom is -0.507 e. The van der Waals surface area contributed by atoms with Crippen LogP contribution in [0.5, 0.6) is 5.75 Å². The number of nitrogens with zero attached hydrogens (tertiary/aromatic N) is 2. The molecule has 204 valence electrons. The second kappa shape index (κ2) is 12.8. The lowest BCUT2D eigenvalue weighted by Gasteiger charge is -2.28. The molecule has 0 spiro atoms. The SMILES string of the molecule is CCc1ccc(C2/C(=C(\O)c3ccc(OCc4cccc(C)c4)cc3)C(=O)C(=O)N2CCN(CC)CC)cc1. The third kappa shape index (κ3) is 6.40. The number of aliphatic hydroxyl groups excluding tert-OH is 1. The number of aryl methyl sites for hydroxylation is 2. The Hall–Kier alpha value is -3.90. The molecule has 0 aromatic heterocycles. The molecule has 0 aliphatic carbocycles. The van der Waals surface area contributed by atoms with Crippen molar-refractivity contribution in [2.75, 3.05) is 26.2 Å². The molecule has 3 aromatic carbocycles. The summed E-state index contributed by atoms with van der Waals surface area (Å²) in [5.74, 6) is -0.754. The normalized spacial score (nSPS) is 16.7. The van der Waals surface area contributed by atoms with E-state index >= 15 is 0 Å². The molecule has 1 unspecified atom stereocenters. The molecule has 3 aromatic rings. The molecule has 1 aliphatic rings. The number of ketones is 1. The standard InChI is InChI=1S/C33H38N2O4/c1-5-24-11-13-26(14-12-24)30-29(32(37)33(38)35(30)20-19-34(6-2)7-3)31(36)27-15-17-28(18-16-27)39-22-25-10-8-9-23(4)21-25/h8-18,21,30,36H,5-7,19-20,22H2,1-4H3/b31-29+. The van der Waals surface area contributed by atoms with Gasteiger partial charge in [-0.1, -0.05) is 74.9 Å². The lowest BCUT2D eigenvalue weighted by molar-refractivity contribution is -0.140. The van der Waals surface area contributed by atoms with E-state index in [2.05, 4.69) is 31.7 Å². The molecule has 0 bridgehead atoms. The van der Waals surface area contributed by atoms with E-state index in [4.69, 9.17) is 4.74 Å². The van der Waals surface area contributed by atoms with Crippen molar-refractivity contribution >= 4 is 17.4 Å². The van der Waals surface area contributed by atoms with Crippen molar-refractivity contribution in [2.24, 2.45) is 0 Å². The van der Waals surface area contributed by atoms with Gasteiger partial charge in [0.15, 0.2) is 0 Å². The molecule has 6 nitrogen and oxygen atoms in total. The van der Waals surface area contributed by atoms with E-state index in [0.717, 1.165) is 30.6 Å². The van der Waals surface area contributed by atoms with E-state index in [1.165, 1.54) is 11.1 Å². The van der Waals surface area contributed by atoms with Crippen LogP contribution in [0.1, 0.15) is 54.6 Å². The number of aliphatic hydroxyl groups is 1. The van der Waals surface area contributed by atoms with Crippen molar-refractivity contribution in [3.63, 3.8) is 0 Å².